The molecule has 80 valence electrons. The Morgan fingerprint density at radius 3 is 2.71 bits per heavy atom. The molecule has 0 spiro atoms. The third kappa shape index (κ3) is 1.78. The first kappa shape index (κ1) is 9.97. The number of nitrogens with two attached hydrogens (primary N) is 1. The van der Waals surface area contributed by atoms with E-state index in [1.165, 1.54) is 38.5 Å². The van der Waals surface area contributed by atoms with E-state index in [1.807, 2.05) is 4.90 Å². The molecular weight excluding hydrogens is 176 g/mol. The van der Waals surface area contributed by atoms with Crippen LogP contribution in [0.1, 0.15) is 38.5 Å². The molecule has 2 atom stereocenters. The average Bonchev–Trinajstić information content (AvgIpc) is 2.27. The second-order valence-corrected chi connectivity index (χ2v) is 4.55. The van der Waals surface area contributed by atoms with Crippen LogP contribution in [0.5, 0.6) is 0 Å². The number of likely N-dealkylation sites (tertiary alicyclic amines) is 1. The summed E-state index contributed by atoms with van der Waals surface area (Å²) in [6, 6.07) is 0.522. The number of hydrogen-bond acceptors (Lipinski definition) is 2. The first-order chi connectivity index (χ1) is 6.83. The lowest BCUT2D eigenvalue weighted by Crippen LogP contribution is -2.51. The zero-order chi connectivity index (χ0) is 9.97. The number of amides is 1. The molecular formula is C11H20N2O. The number of carbonyl (C=O) groups excluding carboxylic acids is 1. The molecule has 2 aliphatic rings. The van der Waals surface area contributed by atoms with Crippen molar-refractivity contribution in [3.05, 3.63) is 0 Å². The molecule has 14 heavy (non-hydrogen) atoms. The maximum absolute atomic E-state index is 11.6. The molecule has 1 saturated carbocycles. The number of fused-ring (bicyclic) bond motifs is 1. The van der Waals surface area contributed by atoms with Crippen LogP contribution < -0.4 is 5.73 Å². The van der Waals surface area contributed by atoms with Crippen LogP contribution in [-0.2, 0) is 4.79 Å². The highest BCUT2D eigenvalue weighted by Crippen LogP contribution is 2.35. The van der Waals surface area contributed by atoms with Crippen LogP contribution in [0.15, 0.2) is 0 Å². The van der Waals surface area contributed by atoms with Gasteiger partial charge in [0.15, 0.2) is 0 Å². The Morgan fingerprint density at radius 2 is 1.93 bits per heavy atom. The molecule has 1 aliphatic carbocycles. The van der Waals surface area contributed by atoms with Crippen molar-refractivity contribution < 1.29 is 4.79 Å². The maximum Gasteiger partial charge on any atom is 0.236 e. The number of rotatable bonds is 1. The smallest absolute Gasteiger partial charge is 0.236 e. The standard InChI is InChI=1S/C11H20N2O/c12-8-11(14)13-7-3-5-9-4-1-2-6-10(9)13/h9-10H,1-8,12H2. The fourth-order valence-corrected chi connectivity index (χ4v) is 3.05. The Kier molecular flexibility index (Phi) is 3.06. The summed E-state index contributed by atoms with van der Waals surface area (Å²) in [6.45, 7) is 1.13. The summed E-state index contributed by atoms with van der Waals surface area (Å²) >= 11 is 0. The van der Waals surface area contributed by atoms with E-state index in [-0.39, 0.29) is 12.5 Å². The molecule has 3 nitrogen and oxygen atoms in total. The lowest BCUT2D eigenvalue weighted by Gasteiger charge is -2.44. The molecule has 0 radical (unpaired) electrons. The van der Waals surface area contributed by atoms with Gasteiger partial charge < -0.3 is 10.6 Å². The van der Waals surface area contributed by atoms with E-state index in [2.05, 4.69) is 0 Å². The van der Waals surface area contributed by atoms with Gasteiger partial charge in [-0.3, -0.25) is 4.79 Å². The van der Waals surface area contributed by atoms with Crippen molar-refractivity contribution in [3.8, 4) is 0 Å². The average molecular weight is 196 g/mol. The van der Waals surface area contributed by atoms with Crippen molar-refractivity contribution in [2.45, 2.75) is 44.6 Å². The van der Waals surface area contributed by atoms with Crippen molar-refractivity contribution in [1.82, 2.24) is 4.90 Å². The molecule has 0 aromatic carbocycles. The largest absolute Gasteiger partial charge is 0.338 e. The maximum atomic E-state index is 11.6. The lowest BCUT2D eigenvalue weighted by atomic mass is 9.78. The van der Waals surface area contributed by atoms with Gasteiger partial charge in [-0.25, -0.2) is 0 Å². The predicted octanol–water partition coefficient (Wildman–Crippen LogP) is 1.13. The summed E-state index contributed by atoms with van der Waals surface area (Å²) in [6.07, 6.45) is 7.66. The van der Waals surface area contributed by atoms with Gasteiger partial charge in [-0.1, -0.05) is 12.8 Å². The Bertz CT molecular complexity index is 215. The van der Waals surface area contributed by atoms with E-state index in [0.29, 0.717) is 6.04 Å². The summed E-state index contributed by atoms with van der Waals surface area (Å²) in [5.41, 5.74) is 5.43. The van der Waals surface area contributed by atoms with Crippen LogP contribution in [0, 0.1) is 5.92 Å². The van der Waals surface area contributed by atoms with Gasteiger partial charge in [0, 0.05) is 12.6 Å². The van der Waals surface area contributed by atoms with Crippen LogP contribution in [-0.4, -0.2) is 29.9 Å². The zero-order valence-corrected chi connectivity index (χ0v) is 8.74. The van der Waals surface area contributed by atoms with Crippen LogP contribution in [0.25, 0.3) is 0 Å². The minimum absolute atomic E-state index is 0.154. The van der Waals surface area contributed by atoms with Crippen molar-refractivity contribution >= 4 is 5.91 Å². The van der Waals surface area contributed by atoms with Crippen LogP contribution in [0.3, 0.4) is 0 Å². The second-order valence-electron chi connectivity index (χ2n) is 4.55. The monoisotopic (exact) mass is 196 g/mol. The SMILES string of the molecule is NCC(=O)N1CCCC2CCCCC21. The fraction of sp³-hybridized carbons (Fsp3) is 0.909. The third-order valence-corrected chi connectivity index (χ3v) is 3.74. The predicted molar refractivity (Wildman–Crippen MR) is 55.7 cm³/mol. The summed E-state index contributed by atoms with van der Waals surface area (Å²) in [5, 5.41) is 0. The molecule has 2 fully saturated rings. The molecule has 3 heteroatoms. The van der Waals surface area contributed by atoms with Crippen molar-refractivity contribution in [2.75, 3.05) is 13.1 Å². The van der Waals surface area contributed by atoms with Gasteiger partial charge in [-0.2, -0.15) is 0 Å². The molecule has 2 unspecified atom stereocenters. The van der Waals surface area contributed by atoms with Crippen molar-refractivity contribution in [3.63, 3.8) is 0 Å². The van der Waals surface area contributed by atoms with Gasteiger partial charge in [-0.15, -0.1) is 0 Å². The summed E-state index contributed by atoms with van der Waals surface area (Å²) in [4.78, 5) is 13.7. The number of nitrogens with zero attached hydrogens (tertiary/aromatic N) is 1. The molecule has 1 amide bonds. The van der Waals surface area contributed by atoms with Gasteiger partial charge in [0.05, 0.1) is 6.54 Å². The Labute approximate surface area is 85.6 Å². The zero-order valence-electron chi connectivity index (χ0n) is 8.74. The molecule has 1 aliphatic heterocycles. The number of carbonyl (C=O) groups is 1. The summed E-state index contributed by atoms with van der Waals surface area (Å²) in [7, 11) is 0. The summed E-state index contributed by atoms with van der Waals surface area (Å²) in [5.74, 6) is 0.926. The van der Waals surface area contributed by atoms with Gasteiger partial charge in [0.2, 0.25) is 5.91 Å². The Morgan fingerprint density at radius 1 is 1.21 bits per heavy atom. The first-order valence-corrected chi connectivity index (χ1v) is 5.82. The summed E-state index contributed by atoms with van der Waals surface area (Å²) < 4.78 is 0. The minimum Gasteiger partial charge on any atom is -0.338 e. The van der Waals surface area contributed by atoms with Crippen LogP contribution >= 0.6 is 0 Å². The lowest BCUT2D eigenvalue weighted by molar-refractivity contribution is -0.135. The third-order valence-electron chi connectivity index (χ3n) is 3.74. The molecule has 0 aromatic heterocycles. The van der Waals surface area contributed by atoms with Gasteiger partial charge in [0.25, 0.3) is 0 Å². The highest BCUT2D eigenvalue weighted by molar-refractivity contribution is 5.78. The van der Waals surface area contributed by atoms with E-state index < -0.39 is 0 Å². The highest BCUT2D eigenvalue weighted by Gasteiger charge is 2.34. The quantitative estimate of drug-likeness (QED) is 0.683. The fourth-order valence-electron chi connectivity index (χ4n) is 3.05. The van der Waals surface area contributed by atoms with E-state index in [9.17, 15) is 4.79 Å². The van der Waals surface area contributed by atoms with Gasteiger partial charge in [-0.05, 0) is 31.6 Å². The molecule has 0 bridgehead atoms. The Balaban J connectivity index is 2.04. The second kappa shape index (κ2) is 4.30. The molecule has 2 N–H and O–H groups in total. The molecule has 1 saturated heterocycles. The normalized spacial score (nSPS) is 32.5. The van der Waals surface area contributed by atoms with Crippen LogP contribution in [0.2, 0.25) is 0 Å². The van der Waals surface area contributed by atoms with E-state index in [0.717, 1.165) is 12.5 Å². The van der Waals surface area contributed by atoms with Gasteiger partial charge >= 0.3 is 0 Å². The van der Waals surface area contributed by atoms with Crippen molar-refractivity contribution in [1.29, 1.82) is 0 Å². The molecule has 0 aromatic rings. The minimum atomic E-state index is 0.154. The molecule has 1 heterocycles. The van der Waals surface area contributed by atoms with Crippen LogP contribution in [0.4, 0.5) is 0 Å². The van der Waals surface area contributed by atoms with Gasteiger partial charge in [0.1, 0.15) is 0 Å². The highest BCUT2D eigenvalue weighted by atomic mass is 16.2. The van der Waals surface area contributed by atoms with E-state index in [4.69, 9.17) is 5.73 Å². The first-order valence-electron chi connectivity index (χ1n) is 5.82. The van der Waals surface area contributed by atoms with E-state index >= 15 is 0 Å². The van der Waals surface area contributed by atoms with E-state index in [1.54, 1.807) is 0 Å². The number of hydrogen-bond donors (Lipinski definition) is 1. The number of piperidine rings is 1. The topological polar surface area (TPSA) is 46.3 Å². The van der Waals surface area contributed by atoms with Crippen molar-refractivity contribution in [2.24, 2.45) is 11.7 Å². The Hall–Kier alpha value is -0.570. The molecule has 2 rings (SSSR count).